The molecular formula is C13H12FNO3. The minimum atomic E-state index is -0.580. The molecule has 1 atom stereocenters. The second-order valence-electron chi connectivity index (χ2n) is 3.87. The Morgan fingerprint density at radius 2 is 2.22 bits per heavy atom. The van der Waals surface area contributed by atoms with Crippen molar-refractivity contribution in [1.29, 1.82) is 0 Å². The number of nitrogens with one attached hydrogen (secondary N) is 1. The van der Waals surface area contributed by atoms with Crippen LogP contribution >= 0.6 is 0 Å². The average molecular weight is 249 g/mol. The van der Waals surface area contributed by atoms with E-state index in [1.165, 1.54) is 6.26 Å². The lowest BCUT2D eigenvalue weighted by atomic mass is 10.1. The molecular weight excluding hydrogens is 237 g/mol. The molecule has 0 aliphatic rings. The highest BCUT2D eigenvalue weighted by Crippen LogP contribution is 2.19. The molecule has 0 aliphatic heterocycles. The number of furan rings is 1. The number of benzene rings is 1. The predicted octanol–water partition coefficient (Wildman–Crippen LogP) is 2.62. The maximum absolute atomic E-state index is 13.0. The minimum Gasteiger partial charge on any atom is -0.507 e. The molecule has 1 aromatic heterocycles. The lowest BCUT2D eigenvalue weighted by molar-refractivity contribution is 0.0932. The molecule has 1 unspecified atom stereocenters. The van der Waals surface area contributed by atoms with Crippen LogP contribution in [-0.2, 0) is 0 Å². The van der Waals surface area contributed by atoms with E-state index in [0.717, 1.165) is 18.2 Å². The Bertz CT molecular complexity index is 551. The van der Waals surface area contributed by atoms with Crippen molar-refractivity contribution < 1.29 is 18.7 Å². The van der Waals surface area contributed by atoms with Gasteiger partial charge in [-0.05, 0) is 37.3 Å². The number of rotatable bonds is 3. The number of phenolic OH excluding ortho intramolecular Hbond substituents is 1. The Morgan fingerprint density at radius 1 is 1.44 bits per heavy atom. The van der Waals surface area contributed by atoms with Gasteiger partial charge in [-0.2, -0.15) is 0 Å². The summed E-state index contributed by atoms with van der Waals surface area (Å²) >= 11 is 0. The van der Waals surface area contributed by atoms with E-state index in [1.807, 2.05) is 0 Å². The van der Waals surface area contributed by atoms with E-state index < -0.39 is 11.7 Å². The van der Waals surface area contributed by atoms with Crippen LogP contribution in [0.25, 0.3) is 0 Å². The van der Waals surface area contributed by atoms with Crippen molar-refractivity contribution in [3.63, 3.8) is 0 Å². The molecule has 0 radical (unpaired) electrons. The SMILES string of the molecule is CC(NC(=O)c1cc(F)ccc1O)c1ccco1. The zero-order chi connectivity index (χ0) is 13.1. The van der Waals surface area contributed by atoms with Crippen LogP contribution in [-0.4, -0.2) is 11.0 Å². The molecule has 0 aliphatic carbocycles. The van der Waals surface area contributed by atoms with Crippen molar-refractivity contribution in [2.75, 3.05) is 0 Å². The summed E-state index contributed by atoms with van der Waals surface area (Å²) < 4.78 is 18.1. The molecule has 5 heteroatoms. The van der Waals surface area contributed by atoms with Crippen LogP contribution < -0.4 is 5.32 Å². The Morgan fingerprint density at radius 3 is 2.89 bits per heavy atom. The van der Waals surface area contributed by atoms with Gasteiger partial charge in [0.2, 0.25) is 0 Å². The van der Waals surface area contributed by atoms with Gasteiger partial charge in [0.1, 0.15) is 17.3 Å². The Hall–Kier alpha value is -2.30. The zero-order valence-electron chi connectivity index (χ0n) is 9.68. The van der Waals surface area contributed by atoms with E-state index in [4.69, 9.17) is 4.42 Å². The summed E-state index contributed by atoms with van der Waals surface area (Å²) in [6.07, 6.45) is 1.50. The largest absolute Gasteiger partial charge is 0.507 e. The Kier molecular flexibility index (Phi) is 3.32. The van der Waals surface area contributed by atoms with Crippen molar-refractivity contribution in [1.82, 2.24) is 5.32 Å². The number of amides is 1. The molecule has 0 spiro atoms. The third-order valence-corrected chi connectivity index (χ3v) is 2.52. The smallest absolute Gasteiger partial charge is 0.255 e. The Balaban J connectivity index is 2.15. The van der Waals surface area contributed by atoms with E-state index >= 15 is 0 Å². The van der Waals surface area contributed by atoms with Crippen LogP contribution in [0, 0.1) is 5.82 Å². The van der Waals surface area contributed by atoms with Gasteiger partial charge in [-0.3, -0.25) is 4.79 Å². The first-order valence-electron chi connectivity index (χ1n) is 5.40. The van der Waals surface area contributed by atoms with E-state index in [2.05, 4.69) is 5.32 Å². The van der Waals surface area contributed by atoms with E-state index in [1.54, 1.807) is 19.1 Å². The molecule has 2 aromatic rings. The molecule has 0 bridgehead atoms. The van der Waals surface area contributed by atoms with Crippen molar-refractivity contribution in [2.45, 2.75) is 13.0 Å². The number of halogens is 1. The van der Waals surface area contributed by atoms with E-state index in [9.17, 15) is 14.3 Å². The normalized spacial score (nSPS) is 12.1. The summed E-state index contributed by atoms with van der Waals surface area (Å²) in [6.45, 7) is 1.73. The fraction of sp³-hybridized carbons (Fsp3) is 0.154. The summed E-state index contributed by atoms with van der Waals surface area (Å²) in [5.41, 5.74) is -0.103. The molecule has 18 heavy (non-hydrogen) atoms. The highest BCUT2D eigenvalue weighted by atomic mass is 19.1. The van der Waals surface area contributed by atoms with Gasteiger partial charge < -0.3 is 14.8 Å². The highest BCUT2D eigenvalue weighted by molar-refractivity contribution is 5.96. The molecule has 0 saturated carbocycles. The first-order valence-corrected chi connectivity index (χ1v) is 5.40. The monoisotopic (exact) mass is 249 g/mol. The van der Waals surface area contributed by atoms with E-state index in [0.29, 0.717) is 5.76 Å². The summed E-state index contributed by atoms with van der Waals surface area (Å²) in [5, 5.41) is 12.1. The number of carbonyl (C=O) groups excluding carboxylic acids is 1. The first-order chi connectivity index (χ1) is 8.58. The Labute approximate surface area is 103 Å². The third-order valence-electron chi connectivity index (χ3n) is 2.52. The molecule has 94 valence electrons. The van der Waals surface area contributed by atoms with Gasteiger partial charge in [-0.15, -0.1) is 0 Å². The molecule has 1 heterocycles. The summed E-state index contributed by atoms with van der Waals surface area (Å²) in [7, 11) is 0. The van der Waals surface area contributed by atoms with Crippen molar-refractivity contribution >= 4 is 5.91 Å². The molecule has 1 aromatic carbocycles. The van der Waals surface area contributed by atoms with Gasteiger partial charge >= 0.3 is 0 Å². The molecule has 2 rings (SSSR count). The second-order valence-corrected chi connectivity index (χ2v) is 3.87. The van der Waals surface area contributed by atoms with Crippen LogP contribution in [0.5, 0.6) is 5.75 Å². The van der Waals surface area contributed by atoms with Crippen LogP contribution in [0.2, 0.25) is 0 Å². The zero-order valence-corrected chi connectivity index (χ0v) is 9.68. The first kappa shape index (κ1) is 12.2. The van der Waals surface area contributed by atoms with Crippen molar-refractivity contribution in [3.8, 4) is 5.75 Å². The molecule has 2 N–H and O–H groups in total. The van der Waals surface area contributed by atoms with Gasteiger partial charge in [0.15, 0.2) is 0 Å². The number of hydrogen-bond acceptors (Lipinski definition) is 3. The fourth-order valence-corrected chi connectivity index (χ4v) is 1.57. The lowest BCUT2D eigenvalue weighted by Gasteiger charge is -2.12. The highest BCUT2D eigenvalue weighted by Gasteiger charge is 2.16. The van der Waals surface area contributed by atoms with Crippen molar-refractivity contribution in [3.05, 3.63) is 53.7 Å². The fourth-order valence-electron chi connectivity index (χ4n) is 1.57. The number of phenols is 1. The average Bonchev–Trinajstić information content (AvgIpc) is 2.85. The lowest BCUT2D eigenvalue weighted by Crippen LogP contribution is -2.26. The topological polar surface area (TPSA) is 62.5 Å². The van der Waals surface area contributed by atoms with Gasteiger partial charge in [0.25, 0.3) is 5.91 Å². The summed E-state index contributed by atoms with van der Waals surface area (Å²) in [6, 6.07) is 6.27. The number of hydrogen-bond donors (Lipinski definition) is 2. The maximum atomic E-state index is 13.0. The summed E-state index contributed by atoms with van der Waals surface area (Å²) in [5.74, 6) is -0.820. The summed E-state index contributed by atoms with van der Waals surface area (Å²) in [4.78, 5) is 11.8. The van der Waals surface area contributed by atoms with Gasteiger partial charge in [-0.1, -0.05) is 0 Å². The molecule has 1 amide bonds. The quantitative estimate of drug-likeness (QED) is 0.878. The van der Waals surface area contributed by atoms with Gasteiger partial charge in [0, 0.05) is 0 Å². The maximum Gasteiger partial charge on any atom is 0.255 e. The predicted molar refractivity (Wildman–Crippen MR) is 62.7 cm³/mol. The number of carbonyl (C=O) groups is 1. The van der Waals surface area contributed by atoms with Crippen LogP contribution in [0.4, 0.5) is 4.39 Å². The molecule has 0 saturated heterocycles. The van der Waals surface area contributed by atoms with Gasteiger partial charge in [-0.25, -0.2) is 4.39 Å². The van der Waals surface area contributed by atoms with Gasteiger partial charge in [0.05, 0.1) is 17.9 Å². The van der Waals surface area contributed by atoms with Crippen molar-refractivity contribution in [2.24, 2.45) is 0 Å². The van der Waals surface area contributed by atoms with Crippen LogP contribution in [0.15, 0.2) is 41.0 Å². The third kappa shape index (κ3) is 2.51. The minimum absolute atomic E-state index is 0.103. The number of aromatic hydroxyl groups is 1. The molecule has 0 fully saturated rings. The standard InChI is InChI=1S/C13H12FNO3/c1-8(12-3-2-6-18-12)15-13(17)10-7-9(14)4-5-11(10)16/h2-8,16H,1H3,(H,15,17). The van der Waals surface area contributed by atoms with Crippen LogP contribution in [0.1, 0.15) is 29.1 Å². The van der Waals surface area contributed by atoms with Crippen LogP contribution in [0.3, 0.4) is 0 Å². The second kappa shape index (κ2) is 4.91. The van der Waals surface area contributed by atoms with E-state index in [-0.39, 0.29) is 17.4 Å². The molecule has 4 nitrogen and oxygen atoms in total.